The summed E-state index contributed by atoms with van der Waals surface area (Å²) in [6, 6.07) is 7.00. The molecule has 1 aromatic rings. The first-order chi connectivity index (χ1) is 10.6. The third kappa shape index (κ3) is 5.39. The topological polar surface area (TPSA) is 35.6 Å². The third-order valence-corrected chi connectivity index (χ3v) is 4.15. The second-order valence-electron chi connectivity index (χ2n) is 6.06. The van der Waals surface area contributed by atoms with E-state index in [9.17, 15) is 9.18 Å². The van der Waals surface area contributed by atoms with Gasteiger partial charge in [-0.05, 0) is 31.0 Å². The molecule has 0 aliphatic carbocycles. The fourth-order valence-corrected chi connectivity index (χ4v) is 2.62. The van der Waals surface area contributed by atoms with Crippen LogP contribution in [0.2, 0.25) is 0 Å². The van der Waals surface area contributed by atoms with Crippen molar-refractivity contribution >= 4 is 5.91 Å². The number of hydrogen-bond donors (Lipinski definition) is 1. The zero-order valence-corrected chi connectivity index (χ0v) is 13.5. The summed E-state index contributed by atoms with van der Waals surface area (Å²) in [6.45, 7) is 8.90. The average molecular weight is 307 g/mol. The number of piperazine rings is 1. The Morgan fingerprint density at radius 1 is 1.27 bits per heavy atom. The largest absolute Gasteiger partial charge is 0.353 e. The van der Waals surface area contributed by atoms with Crippen LogP contribution in [0.4, 0.5) is 4.39 Å². The molecule has 1 aliphatic heterocycles. The molecule has 4 nitrogen and oxygen atoms in total. The lowest BCUT2D eigenvalue weighted by molar-refractivity contribution is -0.123. The highest BCUT2D eigenvalue weighted by atomic mass is 19.1. The molecule has 0 saturated carbocycles. The molecule has 1 saturated heterocycles. The van der Waals surface area contributed by atoms with Gasteiger partial charge in [0.15, 0.2) is 0 Å². The first kappa shape index (κ1) is 16.9. The van der Waals surface area contributed by atoms with E-state index in [4.69, 9.17) is 0 Å². The standard InChI is InChI=1S/C17H26FN3O/c1-3-14(2)19-17(22)13-21-9-7-20(8-10-21)12-15-5-4-6-16(18)11-15/h4-6,11,14H,3,7-10,12-13H2,1-2H3,(H,19,22). The van der Waals surface area contributed by atoms with Gasteiger partial charge in [0.1, 0.15) is 5.82 Å². The maximum atomic E-state index is 13.2. The monoisotopic (exact) mass is 307 g/mol. The van der Waals surface area contributed by atoms with E-state index in [-0.39, 0.29) is 17.8 Å². The number of carbonyl (C=O) groups is 1. The van der Waals surface area contributed by atoms with Crippen molar-refractivity contribution < 1.29 is 9.18 Å². The minimum Gasteiger partial charge on any atom is -0.353 e. The normalized spacial score (nSPS) is 18.1. The van der Waals surface area contributed by atoms with Crippen LogP contribution in [-0.4, -0.2) is 54.5 Å². The smallest absolute Gasteiger partial charge is 0.234 e. The van der Waals surface area contributed by atoms with Gasteiger partial charge in [0.25, 0.3) is 0 Å². The summed E-state index contributed by atoms with van der Waals surface area (Å²) in [5, 5.41) is 3.00. The van der Waals surface area contributed by atoms with Crippen molar-refractivity contribution in [3.8, 4) is 0 Å². The first-order valence-electron chi connectivity index (χ1n) is 8.05. The van der Waals surface area contributed by atoms with Crippen LogP contribution in [0, 0.1) is 5.82 Å². The SMILES string of the molecule is CCC(C)NC(=O)CN1CCN(Cc2cccc(F)c2)CC1. The Kier molecular flexibility index (Phi) is 6.34. The van der Waals surface area contributed by atoms with Gasteiger partial charge in [-0.15, -0.1) is 0 Å². The minimum atomic E-state index is -0.183. The lowest BCUT2D eigenvalue weighted by Gasteiger charge is -2.34. The molecule has 0 spiro atoms. The number of halogens is 1. The van der Waals surface area contributed by atoms with Crippen molar-refractivity contribution in [1.82, 2.24) is 15.1 Å². The van der Waals surface area contributed by atoms with Crippen LogP contribution < -0.4 is 5.32 Å². The van der Waals surface area contributed by atoms with Gasteiger partial charge in [-0.2, -0.15) is 0 Å². The molecular formula is C17H26FN3O. The summed E-state index contributed by atoms with van der Waals surface area (Å²) in [6.07, 6.45) is 0.952. The van der Waals surface area contributed by atoms with Crippen LogP contribution in [0.1, 0.15) is 25.8 Å². The van der Waals surface area contributed by atoms with Crippen LogP contribution in [-0.2, 0) is 11.3 Å². The molecule has 22 heavy (non-hydrogen) atoms. The Hall–Kier alpha value is -1.46. The number of hydrogen-bond acceptors (Lipinski definition) is 3. The maximum Gasteiger partial charge on any atom is 0.234 e. The Balaban J connectivity index is 1.72. The summed E-state index contributed by atoms with van der Waals surface area (Å²) in [5.74, 6) is -0.0780. The number of benzene rings is 1. The second kappa shape index (κ2) is 8.25. The van der Waals surface area contributed by atoms with Gasteiger partial charge in [-0.3, -0.25) is 14.6 Å². The summed E-state index contributed by atoms with van der Waals surface area (Å²) in [5.41, 5.74) is 1.00. The second-order valence-corrected chi connectivity index (χ2v) is 6.06. The van der Waals surface area contributed by atoms with Crippen molar-refractivity contribution in [2.24, 2.45) is 0 Å². The van der Waals surface area contributed by atoms with E-state index in [1.54, 1.807) is 12.1 Å². The Morgan fingerprint density at radius 2 is 1.95 bits per heavy atom. The summed E-state index contributed by atoms with van der Waals surface area (Å²) < 4.78 is 13.2. The molecule has 1 N–H and O–H groups in total. The van der Waals surface area contributed by atoms with Gasteiger partial charge in [-0.25, -0.2) is 4.39 Å². The molecule has 1 aromatic carbocycles. The predicted molar refractivity (Wildman–Crippen MR) is 86.0 cm³/mol. The number of amides is 1. The third-order valence-electron chi connectivity index (χ3n) is 4.15. The van der Waals surface area contributed by atoms with Crippen molar-refractivity contribution in [3.05, 3.63) is 35.6 Å². The average Bonchev–Trinajstić information content (AvgIpc) is 2.49. The molecule has 5 heteroatoms. The van der Waals surface area contributed by atoms with Crippen LogP contribution in [0.3, 0.4) is 0 Å². The van der Waals surface area contributed by atoms with Crippen LogP contribution in [0.15, 0.2) is 24.3 Å². The van der Waals surface area contributed by atoms with Gasteiger partial charge in [-0.1, -0.05) is 19.1 Å². The van der Waals surface area contributed by atoms with E-state index in [0.717, 1.165) is 44.7 Å². The lowest BCUT2D eigenvalue weighted by atomic mass is 10.2. The van der Waals surface area contributed by atoms with Crippen molar-refractivity contribution in [2.75, 3.05) is 32.7 Å². The molecule has 1 amide bonds. The highest BCUT2D eigenvalue weighted by Crippen LogP contribution is 2.10. The Bertz CT molecular complexity index is 487. The molecule has 0 bridgehead atoms. The van der Waals surface area contributed by atoms with E-state index in [2.05, 4.69) is 22.0 Å². The molecule has 2 rings (SSSR count). The summed E-state index contributed by atoms with van der Waals surface area (Å²) in [4.78, 5) is 16.4. The molecule has 1 atom stereocenters. The van der Waals surface area contributed by atoms with E-state index in [0.29, 0.717) is 6.54 Å². The zero-order chi connectivity index (χ0) is 15.9. The van der Waals surface area contributed by atoms with Gasteiger partial charge >= 0.3 is 0 Å². The van der Waals surface area contributed by atoms with Crippen molar-refractivity contribution in [1.29, 1.82) is 0 Å². The molecule has 122 valence electrons. The quantitative estimate of drug-likeness (QED) is 0.871. The fraction of sp³-hybridized carbons (Fsp3) is 0.588. The number of carbonyl (C=O) groups excluding carboxylic acids is 1. The minimum absolute atomic E-state index is 0.105. The van der Waals surface area contributed by atoms with Crippen molar-refractivity contribution in [3.63, 3.8) is 0 Å². The molecule has 1 aliphatic rings. The number of nitrogens with zero attached hydrogens (tertiary/aromatic N) is 2. The highest BCUT2D eigenvalue weighted by Gasteiger charge is 2.19. The molecule has 1 fully saturated rings. The van der Waals surface area contributed by atoms with Crippen molar-refractivity contribution in [2.45, 2.75) is 32.9 Å². The van der Waals surface area contributed by atoms with E-state index in [1.165, 1.54) is 6.07 Å². The van der Waals surface area contributed by atoms with Gasteiger partial charge < -0.3 is 5.32 Å². The highest BCUT2D eigenvalue weighted by molar-refractivity contribution is 5.78. The molecule has 1 heterocycles. The lowest BCUT2D eigenvalue weighted by Crippen LogP contribution is -2.49. The molecule has 1 unspecified atom stereocenters. The Morgan fingerprint density at radius 3 is 2.59 bits per heavy atom. The first-order valence-corrected chi connectivity index (χ1v) is 8.05. The maximum absolute atomic E-state index is 13.2. The van der Waals surface area contributed by atoms with Crippen LogP contribution in [0.25, 0.3) is 0 Å². The number of nitrogens with one attached hydrogen (secondary N) is 1. The zero-order valence-electron chi connectivity index (χ0n) is 13.5. The summed E-state index contributed by atoms with van der Waals surface area (Å²) in [7, 11) is 0. The summed E-state index contributed by atoms with van der Waals surface area (Å²) >= 11 is 0. The van der Waals surface area contributed by atoms with E-state index in [1.807, 2.05) is 13.0 Å². The predicted octanol–water partition coefficient (Wildman–Crippen LogP) is 1.86. The molecular weight excluding hydrogens is 281 g/mol. The van der Waals surface area contributed by atoms with Crippen LogP contribution >= 0.6 is 0 Å². The van der Waals surface area contributed by atoms with Gasteiger partial charge in [0.05, 0.1) is 6.54 Å². The van der Waals surface area contributed by atoms with Crippen LogP contribution in [0.5, 0.6) is 0 Å². The van der Waals surface area contributed by atoms with Gasteiger partial charge in [0, 0.05) is 38.8 Å². The van der Waals surface area contributed by atoms with E-state index >= 15 is 0 Å². The fourth-order valence-electron chi connectivity index (χ4n) is 2.62. The van der Waals surface area contributed by atoms with E-state index < -0.39 is 0 Å². The molecule has 0 aromatic heterocycles. The number of rotatable bonds is 6. The van der Waals surface area contributed by atoms with Gasteiger partial charge in [0.2, 0.25) is 5.91 Å². The Labute approximate surface area is 132 Å². The molecule has 0 radical (unpaired) electrons.